The van der Waals surface area contributed by atoms with Gasteiger partial charge in [0, 0.05) is 24.4 Å². The van der Waals surface area contributed by atoms with E-state index in [1.54, 1.807) is 14.0 Å². The van der Waals surface area contributed by atoms with Gasteiger partial charge in [-0.05, 0) is 67.8 Å². The van der Waals surface area contributed by atoms with E-state index in [0.717, 1.165) is 29.1 Å². The quantitative estimate of drug-likeness (QED) is 0.296. The summed E-state index contributed by atoms with van der Waals surface area (Å²) in [5.41, 5.74) is 1.05. The standard InChI is InChI=1S/C27H36N2O4S/c1-20(30)18-29(34-24-14-8-13-23(17-24)33-2)19-26(31)25(15-21-9-4-3-5-10-21)28-27(32)16-22-11-6-7-12-22/h3-6,8-11,13-14,17,20,22,25-26,30-31H,7,12,15-16,18-19H2,1-2H3,(H,28,32). The minimum Gasteiger partial charge on any atom is -0.497 e. The second-order valence-corrected chi connectivity index (χ2v) is 10.0. The number of hydrogen-bond acceptors (Lipinski definition) is 6. The largest absolute Gasteiger partial charge is 0.497 e. The van der Waals surface area contributed by atoms with Gasteiger partial charge < -0.3 is 20.3 Å². The Hall–Kier alpha value is -2.32. The van der Waals surface area contributed by atoms with Gasteiger partial charge in [0.15, 0.2) is 0 Å². The number of carbonyl (C=O) groups excluding carboxylic acids is 1. The van der Waals surface area contributed by atoms with Crippen molar-refractivity contribution >= 4 is 17.9 Å². The molecule has 1 amide bonds. The fraction of sp³-hybridized carbons (Fsp3) is 0.444. The molecule has 2 aromatic rings. The smallest absolute Gasteiger partial charge is 0.220 e. The Kier molecular flexibility index (Phi) is 10.5. The van der Waals surface area contributed by atoms with Crippen molar-refractivity contribution in [2.45, 2.75) is 55.8 Å². The molecule has 6 nitrogen and oxygen atoms in total. The topological polar surface area (TPSA) is 82.0 Å². The highest BCUT2D eigenvalue weighted by Gasteiger charge is 2.26. The lowest BCUT2D eigenvalue weighted by Gasteiger charge is -2.30. The lowest BCUT2D eigenvalue weighted by molar-refractivity contribution is -0.123. The molecule has 0 aliphatic heterocycles. The molecule has 0 saturated heterocycles. The van der Waals surface area contributed by atoms with Crippen LogP contribution in [0.1, 0.15) is 31.7 Å². The molecule has 0 aromatic heterocycles. The number of allylic oxidation sites excluding steroid dienone is 2. The van der Waals surface area contributed by atoms with Gasteiger partial charge in [-0.3, -0.25) is 4.79 Å². The average molecular weight is 485 g/mol. The minimum absolute atomic E-state index is 0.0425. The zero-order valence-electron chi connectivity index (χ0n) is 20.0. The number of hydrogen-bond donors (Lipinski definition) is 3. The van der Waals surface area contributed by atoms with Crippen molar-refractivity contribution in [3.63, 3.8) is 0 Å². The highest BCUT2D eigenvalue weighted by atomic mass is 32.2. The van der Waals surface area contributed by atoms with Crippen molar-refractivity contribution in [2.75, 3.05) is 20.2 Å². The molecule has 7 heteroatoms. The summed E-state index contributed by atoms with van der Waals surface area (Å²) in [6, 6.07) is 17.1. The van der Waals surface area contributed by atoms with Crippen LogP contribution >= 0.6 is 11.9 Å². The van der Waals surface area contributed by atoms with Gasteiger partial charge in [-0.1, -0.05) is 48.6 Å². The molecule has 0 heterocycles. The van der Waals surface area contributed by atoms with Crippen LogP contribution in [-0.2, 0) is 11.2 Å². The predicted molar refractivity (Wildman–Crippen MR) is 137 cm³/mol. The van der Waals surface area contributed by atoms with Crippen molar-refractivity contribution in [3.05, 3.63) is 72.3 Å². The molecule has 0 saturated carbocycles. The number of rotatable bonds is 13. The Labute approximate surface area is 207 Å². The van der Waals surface area contributed by atoms with Gasteiger partial charge in [0.1, 0.15) is 5.75 Å². The monoisotopic (exact) mass is 484 g/mol. The Morgan fingerprint density at radius 1 is 1.18 bits per heavy atom. The summed E-state index contributed by atoms with van der Waals surface area (Å²) in [5, 5.41) is 24.4. The van der Waals surface area contributed by atoms with Crippen LogP contribution in [0.4, 0.5) is 0 Å². The second-order valence-electron chi connectivity index (χ2n) is 8.87. The highest BCUT2D eigenvalue weighted by Crippen LogP contribution is 2.27. The number of nitrogens with zero attached hydrogens (tertiary/aromatic N) is 1. The van der Waals surface area contributed by atoms with Crippen molar-refractivity contribution in [1.29, 1.82) is 0 Å². The zero-order valence-corrected chi connectivity index (χ0v) is 20.8. The Balaban J connectivity index is 1.70. The van der Waals surface area contributed by atoms with E-state index in [0.29, 0.717) is 19.4 Å². The molecular weight excluding hydrogens is 448 g/mol. The van der Waals surface area contributed by atoms with Crippen molar-refractivity contribution < 1.29 is 19.7 Å². The molecule has 4 unspecified atom stereocenters. The van der Waals surface area contributed by atoms with Crippen LogP contribution < -0.4 is 10.1 Å². The summed E-state index contributed by atoms with van der Waals surface area (Å²) in [6.45, 7) is 2.38. The van der Waals surface area contributed by atoms with E-state index >= 15 is 0 Å². The third-order valence-electron chi connectivity index (χ3n) is 5.80. The molecule has 184 valence electrons. The third-order valence-corrected chi connectivity index (χ3v) is 6.82. The lowest BCUT2D eigenvalue weighted by atomic mass is 9.99. The number of nitrogens with one attached hydrogen (secondary N) is 1. The number of methoxy groups -OCH3 is 1. The number of aliphatic hydroxyl groups excluding tert-OH is 2. The molecule has 0 fully saturated rings. The summed E-state index contributed by atoms with van der Waals surface area (Å²) in [4.78, 5) is 13.7. The molecule has 0 spiro atoms. The van der Waals surface area contributed by atoms with Gasteiger partial charge in [0.2, 0.25) is 5.91 Å². The first-order valence-corrected chi connectivity index (χ1v) is 12.6. The maximum absolute atomic E-state index is 12.8. The molecule has 4 atom stereocenters. The fourth-order valence-corrected chi connectivity index (χ4v) is 5.23. The van der Waals surface area contributed by atoms with Gasteiger partial charge in [-0.2, -0.15) is 0 Å². The number of ether oxygens (including phenoxy) is 1. The van der Waals surface area contributed by atoms with Gasteiger partial charge in [0.05, 0.1) is 25.4 Å². The maximum Gasteiger partial charge on any atom is 0.220 e. The van der Waals surface area contributed by atoms with Crippen molar-refractivity contribution in [3.8, 4) is 5.75 Å². The number of amides is 1. The molecular formula is C27H36N2O4S. The van der Waals surface area contributed by atoms with Crippen LogP contribution in [0.2, 0.25) is 0 Å². The van der Waals surface area contributed by atoms with Gasteiger partial charge in [-0.15, -0.1) is 0 Å². The molecule has 0 bridgehead atoms. The Bertz CT molecular complexity index is 922. The predicted octanol–water partition coefficient (Wildman–Crippen LogP) is 3.83. The number of aliphatic hydroxyl groups is 2. The first-order valence-electron chi connectivity index (χ1n) is 11.9. The summed E-state index contributed by atoms with van der Waals surface area (Å²) in [6.07, 6.45) is 5.82. The van der Waals surface area contributed by atoms with E-state index in [9.17, 15) is 15.0 Å². The maximum atomic E-state index is 12.8. The zero-order chi connectivity index (χ0) is 24.3. The average Bonchev–Trinajstić information content (AvgIpc) is 3.32. The van der Waals surface area contributed by atoms with Crippen LogP contribution in [0.5, 0.6) is 5.75 Å². The van der Waals surface area contributed by atoms with Gasteiger partial charge in [0.25, 0.3) is 0 Å². The molecule has 1 aliphatic carbocycles. The summed E-state index contributed by atoms with van der Waals surface area (Å²) >= 11 is 1.46. The normalized spacial score (nSPS) is 18.0. The molecule has 0 radical (unpaired) electrons. The number of carbonyl (C=O) groups is 1. The summed E-state index contributed by atoms with van der Waals surface area (Å²) in [5.74, 6) is 0.974. The third kappa shape index (κ3) is 8.80. The van der Waals surface area contributed by atoms with E-state index in [2.05, 4.69) is 17.5 Å². The Morgan fingerprint density at radius 2 is 1.97 bits per heavy atom. The van der Waals surface area contributed by atoms with Gasteiger partial charge >= 0.3 is 0 Å². The van der Waals surface area contributed by atoms with Crippen molar-refractivity contribution in [2.24, 2.45) is 5.92 Å². The molecule has 1 aliphatic rings. The lowest BCUT2D eigenvalue weighted by Crippen LogP contribution is -2.49. The minimum atomic E-state index is -0.819. The first kappa shape index (κ1) is 26.3. The van der Waals surface area contributed by atoms with Crippen LogP contribution in [0, 0.1) is 5.92 Å². The van der Waals surface area contributed by atoms with Crippen LogP contribution in [0.15, 0.2) is 71.6 Å². The molecule has 2 aromatic carbocycles. The van der Waals surface area contributed by atoms with Gasteiger partial charge in [-0.25, -0.2) is 4.31 Å². The van der Waals surface area contributed by atoms with E-state index in [-0.39, 0.29) is 18.4 Å². The van der Waals surface area contributed by atoms with E-state index in [1.807, 2.05) is 58.9 Å². The Morgan fingerprint density at radius 3 is 2.65 bits per heavy atom. The highest BCUT2D eigenvalue weighted by molar-refractivity contribution is 7.97. The molecule has 3 rings (SSSR count). The molecule has 34 heavy (non-hydrogen) atoms. The van der Waals surface area contributed by atoms with E-state index in [1.165, 1.54) is 11.9 Å². The summed E-state index contributed by atoms with van der Waals surface area (Å²) in [7, 11) is 1.62. The first-order chi connectivity index (χ1) is 16.4. The fourth-order valence-electron chi connectivity index (χ4n) is 4.11. The molecule has 3 N–H and O–H groups in total. The number of benzene rings is 2. The SMILES string of the molecule is COc1cccc(SN(CC(C)O)CC(O)C(Cc2ccccc2)NC(=O)CC2C=CCC2)c1. The van der Waals surface area contributed by atoms with Crippen molar-refractivity contribution in [1.82, 2.24) is 9.62 Å². The van der Waals surface area contributed by atoms with Crippen LogP contribution in [-0.4, -0.2) is 58.9 Å². The van der Waals surface area contributed by atoms with E-state index < -0.39 is 18.2 Å². The summed E-state index contributed by atoms with van der Waals surface area (Å²) < 4.78 is 7.26. The van der Waals surface area contributed by atoms with Crippen LogP contribution in [0.25, 0.3) is 0 Å². The second kappa shape index (κ2) is 13.5. The van der Waals surface area contributed by atoms with Crippen LogP contribution in [0.3, 0.4) is 0 Å². The van der Waals surface area contributed by atoms with E-state index in [4.69, 9.17) is 4.74 Å².